The van der Waals surface area contributed by atoms with Crippen LogP contribution in [0.1, 0.15) is 65.2 Å². The van der Waals surface area contributed by atoms with Crippen LogP contribution in [0.15, 0.2) is 27.4 Å². The highest BCUT2D eigenvalue weighted by Gasteiger charge is 2.20. The Balaban J connectivity index is 2.01. The van der Waals surface area contributed by atoms with Crippen molar-refractivity contribution in [3.63, 3.8) is 0 Å². The molecular formula is C21H28O6. The fourth-order valence-corrected chi connectivity index (χ4v) is 2.96. The van der Waals surface area contributed by atoms with E-state index in [1.807, 2.05) is 0 Å². The SMILES string of the molecule is CCCCCCCCCCOc1cccc2oc(=O)c(O)c(OC(C)=O)c12. The Morgan fingerprint density at radius 1 is 1.07 bits per heavy atom. The predicted molar refractivity (Wildman–Crippen MR) is 104 cm³/mol. The van der Waals surface area contributed by atoms with Gasteiger partial charge >= 0.3 is 11.6 Å². The summed E-state index contributed by atoms with van der Waals surface area (Å²) < 4.78 is 15.9. The van der Waals surface area contributed by atoms with Gasteiger partial charge in [0, 0.05) is 6.92 Å². The van der Waals surface area contributed by atoms with E-state index in [4.69, 9.17) is 13.9 Å². The number of hydrogen-bond acceptors (Lipinski definition) is 6. The lowest BCUT2D eigenvalue weighted by Crippen LogP contribution is -2.08. The molecule has 1 heterocycles. The average molecular weight is 376 g/mol. The third-order valence-electron chi connectivity index (χ3n) is 4.33. The van der Waals surface area contributed by atoms with E-state index in [1.54, 1.807) is 18.2 Å². The number of carbonyl (C=O) groups is 1. The van der Waals surface area contributed by atoms with Crippen LogP contribution in [-0.2, 0) is 4.79 Å². The first-order valence-electron chi connectivity index (χ1n) is 9.64. The molecule has 1 aromatic heterocycles. The molecule has 0 amide bonds. The van der Waals surface area contributed by atoms with Crippen LogP contribution < -0.4 is 15.1 Å². The first-order chi connectivity index (χ1) is 13.0. The molecule has 0 bridgehead atoms. The van der Waals surface area contributed by atoms with Crippen LogP contribution in [0.3, 0.4) is 0 Å². The van der Waals surface area contributed by atoms with Crippen molar-refractivity contribution in [3.05, 3.63) is 28.6 Å². The Morgan fingerprint density at radius 3 is 2.41 bits per heavy atom. The molecule has 0 radical (unpaired) electrons. The third kappa shape index (κ3) is 6.01. The smallest absolute Gasteiger partial charge is 0.382 e. The topological polar surface area (TPSA) is 86.0 Å². The standard InChI is InChI=1S/C21H28O6/c1-3-4-5-6-7-8-9-10-14-25-16-12-11-13-17-18(16)20(26-15(2)22)19(23)21(24)27-17/h11-13,23H,3-10,14H2,1-2H3. The Kier molecular flexibility index (Phi) is 8.17. The molecule has 0 saturated heterocycles. The van der Waals surface area contributed by atoms with Gasteiger partial charge in [0.15, 0.2) is 5.75 Å². The lowest BCUT2D eigenvalue weighted by Gasteiger charge is -2.12. The summed E-state index contributed by atoms with van der Waals surface area (Å²) >= 11 is 0. The second-order valence-corrected chi connectivity index (χ2v) is 6.61. The van der Waals surface area contributed by atoms with E-state index in [0.717, 1.165) is 12.8 Å². The Bertz CT molecular complexity index is 808. The first-order valence-corrected chi connectivity index (χ1v) is 9.64. The van der Waals surface area contributed by atoms with Gasteiger partial charge in [-0.2, -0.15) is 0 Å². The number of rotatable bonds is 11. The van der Waals surface area contributed by atoms with Crippen molar-refractivity contribution in [3.8, 4) is 17.2 Å². The van der Waals surface area contributed by atoms with Crippen molar-refractivity contribution in [2.75, 3.05) is 6.61 Å². The zero-order valence-electron chi connectivity index (χ0n) is 16.1. The monoisotopic (exact) mass is 376 g/mol. The van der Waals surface area contributed by atoms with E-state index in [9.17, 15) is 14.7 Å². The van der Waals surface area contributed by atoms with Crippen molar-refractivity contribution < 1.29 is 23.8 Å². The maximum atomic E-state index is 11.7. The molecule has 0 atom stereocenters. The zero-order valence-corrected chi connectivity index (χ0v) is 16.1. The van der Waals surface area contributed by atoms with E-state index in [-0.39, 0.29) is 16.7 Å². The van der Waals surface area contributed by atoms with Crippen molar-refractivity contribution in [1.29, 1.82) is 0 Å². The van der Waals surface area contributed by atoms with Crippen LogP contribution in [0.2, 0.25) is 0 Å². The quantitative estimate of drug-likeness (QED) is 0.339. The second-order valence-electron chi connectivity index (χ2n) is 6.61. The normalized spacial score (nSPS) is 10.9. The van der Waals surface area contributed by atoms with Gasteiger partial charge in [0.25, 0.3) is 0 Å². The number of carbonyl (C=O) groups excluding carboxylic acids is 1. The van der Waals surface area contributed by atoms with Crippen molar-refractivity contribution in [1.82, 2.24) is 0 Å². The largest absolute Gasteiger partial charge is 0.499 e. The summed E-state index contributed by atoms with van der Waals surface area (Å²) in [6.07, 6.45) is 9.53. The molecule has 0 aliphatic heterocycles. The summed E-state index contributed by atoms with van der Waals surface area (Å²) in [7, 11) is 0. The van der Waals surface area contributed by atoms with Crippen LogP contribution in [-0.4, -0.2) is 17.7 Å². The Labute approximate surface area is 159 Å². The summed E-state index contributed by atoms with van der Waals surface area (Å²) in [4.78, 5) is 23.1. The van der Waals surface area contributed by atoms with Crippen LogP contribution in [0.5, 0.6) is 17.2 Å². The molecule has 6 heteroatoms. The molecule has 148 valence electrons. The van der Waals surface area contributed by atoms with Crippen LogP contribution in [0.4, 0.5) is 0 Å². The zero-order chi connectivity index (χ0) is 19.6. The van der Waals surface area contributed by atoms with Crippen molar-refractivity contribution in [2.24, 2.45) is 0 Å². The van der Waals surface area contributed by atoms with Crippen LogP contribution in [0.25, 0.3) is 11.0 Å². The van der Waals surface area contributed by atoms with Crippen LogP contribution in [0, 0.1) is 0 Å². The lowest BCUT2D eigenvalue weighted by molar-refractivity contribution is -0.131. The van der Waals surface area contributed by atoms with Gasteiger partial charge in [-0.1, -0.05) is 57.9 Å². The number of ether oxygens (including phenoxy) is 2. The minimum atomic E-state index is -0.959. The number of unbranched alkanes of at least 4 members (excludes halogenated alkanes) is 7. The van der Waals surface area contributed by atoms with E-state index in [0.29, 0.717) is 12.4 Å². The molecule has 1 N–H and O–H groups in total. The number of esters is 1. The number of fused-ring (bicyclic) bond motifs is 1. The molecule has 0 aliphatic carbocycles. The Morgan fingerprint density at radius 2 is 1.74 bits per heavy atom. The lowest BCUT2D eigenvalue weighted by atomic mass is 10.1. The minimum Gasteiger partial charge on any atom is -0.499 e. The molecule has 0 saturated carbocycles. The van der Waals surface area contributed by atoms with Crippen molar-refractivity contribution in [2.45, 2.75) is 65.2 Å². The molecule has 0 spiro atoms. The fraction of sp³-hybridized carbons (Fsp3) is 0.524. The van der Waals surface area contributed by atoms with Crippen molar-refractivity contribution >= 4 is 16.9 Å². The highest BCUT2D eigenvalue weighted by Crippen LogP contribution is 2.38. The summed E-state index contributed by atoms with van der Waals surface area (Å²) in [5, 5.41) is 10.2. The van der Waals surface area contributed by atoms with E-state index < -0.39 is 17.3 Å². The molecule has 6 nitrogen and oxygen atoms in total. The number of benzene rings is 1. The third-order valence-corrected chi connectivity index (χ3v) is 4.33. The molecule has 2 rings (SSSR count). The number of hydrogen-bond donors (Lipinski definition) is 1. The molecule has 27 heavy (non-hydrogen) atoms. The predicted octanol–water partition coefficient (Wildman–Crippen LogP) is 4.94. The van der Waals surface area contributed by atoms with Gasteiger partial charge in [-0.15, -0.1) is 0 Å². The first kappa shape index (κ1) is 20.8. The summed E-state index contributed by atoms with van der Waals surface area (Å²) in [6.45, 7) is 3.90. The molecule has 1 aromatic carbocycles. The molecule has 0 unspecified atom stereocenters. The van der Waals surface area contributed by atoms with E-state index in [2.05, 4.69) is 6.92 Å². The number of aromatic hydroxyl groups is 1. The molecular weight excluding hydrogens is 348 g/mol. The molecule has 2 aromatic rings. The van der Waals surface area contributed by atoms with Gasteiger partial charge in [0.1, 0.15) is 16.7 Å². The summed E-state index contributed by atoms with van der Waals surface area (Å²) in [5.41, 5.74) is -0.763. The second kappa shape index (κ2) is 10.6. The van der Waals surface area contributed by atoms with Crippen LogP contribution >= 0.6 is 0 Å². The van der Waals surface area contributed by atoms with Gasteiger partial charge < -0.3 is 19.0 Å². The fourth-order valence-electron chi connectivity index (χ4n) is 2.96. The Hall–Kier alpha value is -2.50. The highest BCUT2D eigenvalue weighted by molar-refractivity contribution is 5.93. The average Bonchev–Trinajstić information content (AvgIpc) is 2.63. The van der Waals surface area contributed by atoms with E-state index in [1.165, 1.54) is 45.4 Å². The van der Waals surface area contributed by atoms with E-state index >= 15 is 0 Å². The van der Waals surface area contributed by atoms with Gasteiger partial charge in [-0.05, 0) is 18.6 Å². The summed E-state index contributed by atoms with van der Waals surface area (Å²) in [6, 6.07) is 4.94. The van der Waals surface area contributed by atoms with Gasteiger partial charge in [0.2, 0.25) is 5.75 Å². The molecule has 0 aliphatic rings. The van der Waals surface area contributed by atoms with Gasteiger partial charge in [0.05, 0.1) is 6.61 Å². The summed E-state index contributed by atoms with van der Waals surface area (Å²) in [5.74, 6) is -1.19. The van der Waals surface area contributed by atoms with Gasteiger partial charge in [-0.3, -0.25) is 4.79 Å². The van der Waals surface area contributed by atoms with Gasteiger partial charge in [-0.25, -0.2) is 4.79 Å². The highest BCUT2D eigenvalue weighted by atomic mass is 16.5. The maximum absolute atomic E-state index is 11.7. The maximum Gasteiger partial charge on any atom is 0.382 e. The minimum absolute atomic E-state index is 0.197. The molecule has 0 fully saturated rings.